The number of carboxylic acids is 1. The molecule has 4 rings (SSSR count). The Labute approximate surface area is 170 Å². The number of aromatic nitrogens is 1. The quantitative estimate of drug-likeness (QED) is 0.678. The lowest BCUT2D eigenvalue weighted by molar-refractivity contribution is -0.116. The molecule has 1 N–H and O–H groups in total. The van der Waals surface area contributed by atoms with E-state index in [9.17, 15) is 14.7 Å². The summed E-state index contributed by atoms with van der Waals surface area (Å²) in [6.07, 6.45) is 0. The van der Waals surface area contributed by atoms with Crippen LogP contribution in [0, 0.1) is 0 Å². The highest BCUT2D eigenvalue weighted by molar-refractivity contribution is 7.17. The normalized spacial score (nSPS) is 13.0. The molecule has 1 aliphatic heterocycles. The second-order valence-corrected chi connectivity index (χ2v) is 7.62. The summed E-state index contributed by atoms with van der Waals surface area (Å²) in [7, 11) is 0. The molecule has 6 nitrogen and oxygen atoms in total. The zero-order valence-electron chi connectivity index (χ0n) is 14.8. The molecule has 0 unspecified atom stereocenters. The van der Waals surface area contributed by atoms with E-state index in [1.54, 1.807) is 17.0 Å². The van der Waals surface area contributed by atoms with Crippen molar-refractivity contribution >= 4 is 40.5 Å². The number of anilines is 1. The molecule has 0 radical (unpaired) electrons. The Morgan fingerprint density at radius 1 is 1.25 bits per heavy atom. The van der Waals surface area contributed by atoms with E-state index >= 15 is 0 Å². The lowest BCUT2D eigenvalue weighted by Crippen LogP contribution is -2.36. The number of thiazole rings is 1. The van der Waals surface area contributed by atoms with Gasteiger partial charge in [-0.2, -0.15) is 0 Å². The number of benzene rings is 2. The van der Waals surface area contributed by atoms with E-state index in [0.29, 0.717) is 51.4 Å². The highest BCUT2D eigenvalue weighted by Gasteiger charge is 2.28. The van der Waals surface area contributed by atoms with Gasteiger partial charge in [0.05, 0.1) is 23.5 Å². The monoisotopic (exact) mass is 414 g/mol. The maximum absolute atomic E-state index is 12.0. The minimum Gasteiger partial charge on any atom is -0.489 e. The van der Waals surface area contributed by atoms with Crippen LogP contribution in [0.1, 0.15) is 16.6 Å². The van der Waals surface area contributed by atoms with E-state index in [1.165, 1.54) is 6.92 Å². The van der Waals surface area contributed by atoms with Crippen LogP contribution in [0.3, 0.4) is 0 Å². The first-order valence-corrected chi connectivity index (χ1v) is 9.69. The van der Waals surface area contributed by atoms with Crippen molar-refractivity contribution in [2.45, 2.75) is 6.92 Å². The molecular weight excluding hydrogens is 400 g/mol. The van der Waals surface area contributed by atoms with Gasteiger partial charge in [0.25, 0.3) is 0 Å². The molecule has 0 saturated heterocycles. The van der Waals surface area contributed by atoms with Gasteiger partial charge in [-0.15, -0.1) is 11.3 Å². The van der Waals surface area contributed by atoms with E-state index in [2.05, 4.69) is 4.98 Å². The van der Waals surface area contributed by atoms with Crippen molar-refractivity contribution in [3.8, 4) is 27.6 Å². The summed E-state index contributed by atoms with van der Waals surface area (Å²) in [5.41, 5.74) is 2.24. The second kappa shape index (κ2) is 7.26. The van der Waals surface area contributed by atoms with Gasteiger partial charge in [-0.1, -0.05) is 41.9 Å². The molecule has 28 heavy (non-hydrogen) atoms. The predicted molar refractivity (Wildman–Crippen MR) is 108 cm³/mol. The number of ether oxygens (including phenoxy) is 1. The first kappa shape index (κ1) is 18.5. The standard InChI is InChI=1S/C20H15ClN2O4S/c1-11(24)23-7-8-27-17-14(9-13(21)10-15(17)23)19-22-16(18(28-19)20(25)26)12-5-3-2-4-6-12/h2-6,9-10H,7-8H2,1H3,(H,25,26). The molecule has 0 saturated carbocycles. The molecule has 2 heterocycles. The van der Waals surface area contributed by atoms with Gasteiger partial charge in [0.1, 0.15) is 16.5 Å². The number of carboxylic acid groups (broad SMARTS) is 1. The van der Waals surface area contributed by atoms with Gasteiger partial charge in [-0.05, 0) is 12.1 Å². The van der Waals surface area contributed by atoms with Crippen LogP contribution in [0.25, 0.3) is 21.8 Å². The third-order valence-corrected chi connectivity index (χ3v) is 5.66. The predicted octanol–water partition coefficient (Wildman–Crippen LogP) is 4.57. The third kappa shape index (κ3) is 3.23. The molecule has 0 aliphatic carbocycles. The van der Waals surface area contributed by atoms with Crippen LogP contribution >= 0.6 is 22.9 Å². The molecule has 0 spiro atoms. The Balaban J connectivity index is 1.91. The summed E-state index contributed by atoms with van der Waals surface area (Å²) < 4.78 is 5.83. The lowest BCUT2D eigenvalue weighted by Gasteiger charge is -2.30. The Bertz CT molecular complexity index is 1080. The van der Waals surface area contributed by atoms with Crippen LogP contribution in [0.15, 0.2) is 42.5 Å². The summed E-state index contributed by atoms with van der Waals surface area (Å²) in [6, 6.07) is 12.5. The summed E-state index contributed by atoms with van der Waals surface area (Å²) in [4.78, 5) is 30.1. The minimum atomic E-state index is -1.05. The fourth-order valence-corrected chi connectivity index (χ4v) is 4.30. The zero-order valence-corrected chi connectivity index (χ0v) is 16.4. The molecule has 8 heteroatoms. The number of fused-ring (bicyclic) bond motifs is 1. The van der Waals surface area contributed by atoms with E-state index in [0.717, 1.165) is 11.3 Å². The van der Waals surface area contributed by atoms with E-state index in [-0.39, 0.29) is 10.8 Å². The average Bonchev–Trinajstić information content (AvgIpc) is 3.13. The van der Waals surface area contributed by atoms with Crippen LogP contribution in [-0.2, 0) is 4.79 Å². The molecule has 1 amide bonds. The van der Waals surface area contributed by atoms with Gasteiger partial charge in [0, 0.05) is 17.5 Å². The number of carbonyl (C=O) groups excluding carboxylic acids is 1. The number of aromatic carboxylic acids is 1. The fraction of sp³-hybridized carbons (Fsp3) is 0.150. The largest absolute Gasteiger partial charge is 0.489 e. The van der Waals surface area contributed by atoms with E-state index in [4.69, 9.17) is 16.3 Å². The van der Waals surface area contributed by atoms with Gasteiger partial charge in [-0.25, -0.2) is 9.78 Å². The van der Waals surface area contributed by atoms with Crippen molar-refractivity contribution in [1.29, 1.82) is 0 Å². The Morgan fingerprint density at radius 2 is 2.00 bits per heavy atom. The maximum Gasteiger partial charge on any atom is 0.348 e. The SMILES string of the molecule is CC(=O)N1CCOc2c(-c3nc(-c4ccccc4)c(C(=O)O)s3)cc(Cl)cc21. The third-order valence-electron chi connectivity index (χ3n) is 4.37. The van der Waals surface area contributed by atoms with Gasteiger partial charge in [-0.3, -0.25) is 4.79 Å². The van der Waals surface area contributed by atoms with Gasteiger partial charge in [0.2, 0.25) is 5.91 Å². The summed E-state index contributed by atoms with van der Waals surface area (Å²) in [5.74, 6) is -0.686. The molecular formula is C20H15ClN2O4S. The van der Waals surface area contributed by atoms with Crippen molar-refractivity contribution in [3.63, 3.8) is 0 Å². The van der Waals surface area contributed by atoms with Crippen molar-refractivity contribution in [3.05, 3.63) is 52.4 Å². The Morgan fingerprint density at radius 3 is 2.68 bits per heavy atom. The van der Waals surface area contributed by atoms with Crippen LogP contribution < -0.4 is 9.64 Å². The number of rotatable bonds is 3. The summed E-state index contributed by atoms with van der Waals surface area (Å²) >= 11 is 7.35. The second-order valence-electron chi connectivity index (χ2n) is 6.19. The molecule has 0 atom stereocenters. The summed E-state index contributed by atoms with van der Waals surface area (Å²) in [5, 5.41) is 10.5. The molecule has 3 aromatic rings. The number of nitrogens with zero attached hydrogens (tertiary/aromatic N) is 2. The Hall–Kier alpha value is -2.90. The number of hydrogen-bond acceptors (Lipinski definition) is 5. The fourth-order valence-electron chi connectivity index (χ4n) is 3.15. The average molecular weight is 415 g/mol. The van der Waals surface area contributed by atoms with Crippen LogP contribution in [0.5, 0.6) is 5.75 Å². The van der Waals surface area contributed by atoms with Crippen molar-refractivity contribution in [2.24, 2.45) is 0 Å². The molecule has 0 fully saturated rings. The van der Waals surface area contributed by atoms with Crippen molar-refractivity contribution in [1.82, 2.24) is 4.98 Å². The van der Waals surface area contributed by atoms with Crippen molar-refractivity contribution in [2.75, 3.05) is 18.1 Å². The highest BCUT2D eigenvalue weighted by atomic mass is 35.5. The van der Waals surface area contributed by atoms with Gasteiger partial charge >= 0.3 is 5.97 Å². The summed E-state index contributed by atoms with van der Waals surface area (Å²) in [6.45, 7) is 2.24. The number of halogens is 1. The highest BCUT2D eigenvalue weighted by Crippen LogP contribution is 2.45. The van der Waals surface area contributed by atoms with Crippen LogP contribution in [-0.4, -0.2) is 35.1 Å². The first-order valence-electron chi connectivity index (χ1n) is 8.50. The van der Waals surface area contributed by atoms with Crippen molar-refractivity contribution < 1.29 is 19.4 Å². The van der Waals surface area contributed by atoms with Crippen LogP contribution in [0.2, 0.25) is 5.02 Å². The van der Waals surface area contributed by atoms with Gasteiger partial charge < -0.3 is 14.7 Å². The zero-order chi connectivity index (χ0) is 19.8. The molecule has 142 valence electrons. The maximum atomic E-state index is 12.0. The van der Waals surface area contributed by atoms with Crippen LogP contribution in [0.4, 0.5) is 5.69 Å². The number of carbonyl (C=O) groups is 2. The lowest BCUT2D eigenvalue weighted by atomic mass is 10.1. The molecule has 1 aliphatic rings. The molecule has 0 bridgehead atoms. The van der Waals surface area contributed by atoms with Gasteiger partial charge in [0.15, 0.2) is 5.75 Å². The topological polar surface area (TPSA) is 79.7 Å². The Kier molecular flexibility index (Phi) is 4.78. The van der Waals surface area contributed by atoms with E-state index in [1.807, 2.05) is 30.3 Å². The minimum absolute atomic E-state index is 0.117. The molecule has 2 aromatic carbocycles. The smallest absolute Gasteiger partial charge is 0.348 e. The van der Waals surface area contributed by atoms with E-state index < -0.39 is 5.97 Å². The number of amides is 1. The molecule has 1 aromatic heterocycles. The number of hydrogen-bond donors (Lipinski definition) is 1. The first-order chi connectivity index (χ1) is 13.5.